The Morgan fingerprint density at radius 1 is 1.10 bits per heavy atom. The van der Waals surface area contributed by atoms with E-state index < -0.39 is 0 Å². The average molecular weight is 282 g/mol. The van der Waals surface area contributed by atoms with Crippen molar-refractivity contribution in [2.45, 2.75) is 6.54 Å². The third-order valence-corrected chi connectivity index (χ3v) is 2.90. The topological polar surface area (TPSA) is 50.4 Å². The van der Waals surface area contributed by atoms with Crippen LogP contribution in [0.2, 0.25) is 0 Å². The Labute approximate surface area is 124 Å². The molecule has 0 aliphatic heterocycles. The lowest BCUT2D eigenvalue weighted by atomic mass is 10.2. The van der Waals surface area contributed by atoms with Gasteiger partial charge in [0, 0.05) is 12.7 Å². The third-order valence-electron chi connectivity index (χ3n) is 2.90. The molecule has 2 aromatic rings. The molecule has 0 aliphatic rings. The van der Waals surface area contributed by atoms with E-state index in [0.29, 0.717) is 6.54 Å². The minimum Gasteiger partial charge on any atom is -0.497 e. The minimum atomic E-state index is -0.238. The molecule has 0 aromatic heterocycles. The van der Waals surface area contributed by atoms with Crippen molar-refractivity contribution in [2.75, 3.05) is 7.11 Å². The van der Waals surface area contributed by atoms with E-state index >= 15 is 0 Å². The lowest BCUT2D eigenvalue weighted by Crippen LogP contribution is -2.31. The second-order valence-corrected chi connectivity index (χ2v) is 4.42. The zero-order valence-electron chi connectivity index (χ0n) is 11.9. The normalized spacial score (nSPS) is 10.3. The summed E-state index contributed by atoms with van der Waals surface area (Å²) in [5.74, 6) is 0.800. The summed E-state index contributed by atoms with van der Waals surface area (Å²) in [6.07, 6.45) is 3.46. The first-order valence-corrected chi connectivity index (χ1v) is 6.67. The van der Waals surface area contributed by atoms with Crippen LogP contribution in [0.15, 0.2) is 60.8 Å². The second-order valence-electron chi connectivity index (χ2n) is 4.42. The van der Waals surface area contributed by atoms with Gasteiger partial charge in [-0.05, 0) is 29.3 Å². The van der Waals surface area contributed by atoms with Crippen LogP contribution in [0.4, 0.5) is 4.79 Å². The van der Waals surface area contributed by atoms with E-state index in [1.807, 2.05) is 60.7 Å². The molecule has 2 aromatic carbocycles. The zero-order valence-corrected chi connectivity index (χ0v) is 11.9. The summed E-state index contributed by atoms with van der Waals surface area (Å²) < 4.78 is 5.08. The Kier molecular flexibility index (Phi) is 5.41. The van der Waals surface area contributed by atoms with Crippen molar-refractivity contribution in [1.82, 2.24) is 10.6 Å². The van der Waals surface area contributed by atoms with E-state index in [2.05, 4.69) is 10.6 Å². The summed E-state index contributed by atoms with van der Waals surface area (Å²) >= 11 is 0. The number of urea groups is 1. The molecule has 0 atom stereocenters. The monoisotopic (exact) mass is 282 g/mol. The van der Waals surface area contributed by atoms with Gasteiger partial charge in [-0.1, -0.05) is 42.5 Å². The quantitative estimate of drug-likeness (QED) is 0.885. The van der Waals surface area contributed by atoms with Gasteiger partial charge in [0.15, 0.2) is 0 Å². The molecule has 0 aliphatic carbocycles. The molecule has 0 saturated carbocycles. The second kappa shape index (κ2) is 7.75. The predicted molar refractivity (Wildman–Crippen MR) is 83.8 cm³/mol. The van der Waals surface area contributed by atoms with Gasteiger partial charge in [0.25, 0.3) is 0 Å². The van der Waals surface area contributed by atoms with Crippen LogP contribution in [-0.2, 0) is 6.54 Å². The number of rotatable bonds is 5. The van der Waals surface area contributed by atoms with Crippen molar-refractivity contribution in [3.05, 3.63) is 71.9 Å². The molecular formula is C17H18N2O2. The SMILES string of the molecule is COc1ccc(CNC(=O)N/C=C/c2ccccc2)cc1. The van der Waals surface area contributed by atoms with E-state index in [-0.39, 0.29) is 6.03 Å². The van der Waals surface area contributed by atoms with Crippen LogP contribution in [0.5, 0.6) is 5.75 Å². The van der Waals surface area contributed by atoms with Crippen molar-refractivity contribution in [3.63, 3.8) is 0 Å². The fourth-order valence-corrected chi connectivity index (χ4v) is 1.75. The van der Waals surface area contributed by atoms with Gasteiger partial charge in [0.1, 0.15) is 5.75 Å². The summed E-state index contributed by atoms with van der Waals surface area (Å²) in [6, 6.07) is 17.1. The number of carbonyl (C=O) groups excluding carboxylic acids is 1. The molecule has 4 heteroatoms. The van der Waals surface area contributed by atoms with Crippen molar-refractivity contribution in [1.29, 1.82) is 0 Å². The van der Waals surface area contributed by atoms with Gasteiger partial charge < -0.3 is 15.4 Å². The fraction of sp³-hybridized carbons (Fsp3) is 0.118. The summed E-state index contributed by atoms with van der Waals surface area (Å²) in [7, 11) is 1.62. The van der Waals surface area contributed by atoms with E-state index in [1.54, 1.807) is 13.3 Å². The largest absolute Gasteiger partial charge is 0.497 e. The molecule has 0 bridgehead atoms. The summed E-state index contributed by atoms with van der Waals surface area (Å²) in [6.45, 7) is 0.467. The molecule has 2 rings (SSSR count). The molecular weight excluding hydrogens is 264 g/mol. The Morgan fingerprint density at radius 2 is 1.81 bits per heavy atom. The van der Waals surface area contributed by atoms with Gasteiger partial charge in [-0.3, -0.25) is 0 Å². The number of amides is 2. The van der Waals surface area contributed by atoms with E-state index in [0.717, 1.165) is 16.9 Å². The molecule has 0 unspecified atom stereocenters. The molecule has 108 valence electrons. The van der Waals surface area contributed by atoms with Crippen LogP contribution in [0.1, 0.15) is 11.1 Å². The maximum absolute atomic E-state index is 11.6. The van der Waals surface area contributed by atoms with Gasteiger partial charge >= 0.3 is 6.03 Å². The van der Waals surface area contributed by atoms with Crippen molar-refractivity contribution >= 4 is 12.1 Å². The molecule has 21 heavy (non-hydrogen) atoms. The Hall–Kier alpha value is -2.75. The molecule has 0 radical (unpaired) electrons. The number of hydrogen-bond acceptors (Lipinski definition) is 2. The number of methoxy groups -OCH3 is 1. The number of carbonyl (C=O) groups is 1. The van der Waals surface area contributed by atoms with Crippen molar-refractivity contribution in [2.24, 2.45) is 0 Å². The van der Waals surface area contributed by atoms with Gasteiger partial charge in [-0.2, -0.15) is 0 Å². The highest BCUT2D eigenvalue weighted by molar-refractivity contribution is 5.75. The van der Waals surface area contributed by atoms with Crippen molar-refractivity contribution in [3.8, 4) is 5.75 Å². The smallest absolute Gasteiger partial charge is 0.319 e. The van der Waals surface area contributed by atoms with Crippen LogP contribution >= 0.6 is 0 Å². The highest BCUT2D eigenvalue weighted by Gasteiger charge is 1.98. The molecule has 0 heterocycles. The van der Waals surface area contributed by atoms with Crippen molar-refractivity contribution < 1.29 is 9.53 Å². The van der Waals surface area contributed by atoms with Crippen LogP contribution in [0, 0.1) is 0 Å². The molecule has 0 saturated heterocycles. The maximum atomic E-state index is 11.6. The van der Waals surface area contributed by atoms with Gasteiger partial charge in [0.05, 0.1) is 7.11 Å². The minimum absolute atomic E-state index is 0.238. The highest BCUT2D eigenvalue weighted by Crippen LogP contribution is 2.10. The van der Waals surface area contributed by atoms with E-state index in [4.69, 9.17) is 4.74 Å². The van der Waals surface area contributed by atoms with Crippen LogP contribution < -0.4 is 15.4 Å². The summed E-state index contributed by atoms with van der Waals surface area (Å²) in [5, 5.41) is 5.45. The molecule has 0 spiro atoms. The average Bonchev–Trinajstić information content (AvgIpc) is 2.54. The Balaban J connectivity index is 1.75. The first kappa shape index (κ1) is 14.7. The van der Waals surface area contributed by atoms with Crippen LogP contribution in [-0.4, -0.2) is 13.1 Å². The Morgan fingerprint density at radius 3 is 2.48 bits per heavy atom. The van der Waals surface area contributed by atoms with Crippen LogP contribution in [0.3, 0.4) is 0 Å². The van der Waals surface area contributed by atoms with Crippen LogP contribution in [0.25, 0.3) is 6.08 Å². The fourth-order valence-electron chi connectivity index (χ4n) is 1.75. The first-order chi connectivity index (χ1) is 10.3. The number of nitrogens with one attached hydrogen (secondary N) is 2. The Bertz CT molecular complexity index is 592. The lowest BCUT2D eigenvalue weighted by molar-refractivity contribution is 0.244. The number of benzene rings is 2. The zero-order chi connectivity index (χ0) is 14.9. The number of hydrogen-bond donors (Lipinski definition) is 2. The predicted octanol–water partition coefficient (Wildman–Crippen LogP) is 3.17. The lowest BCUT2D eigenvalue weighted by Gasteiger charge is -2.05. The van der Waals surface area contributed by atoms with E-state index in [1.165, 1.54) is 0 Å². The number of ether oxygens (including phenoxy) is 1. The molecule has 0 fully saturated rings. The van der Waals surface area contributed by atoms with Gasteiger partial charge in [0.2, 0.25) is 0 Å². The third kappa shape index (κ3) is 5.03. The van der Waals surface area contributed by atoms with Gasteiger partial charge in [-0.15, -0.1) is 0 Å². The molecule has 2 amide bonds. The first-order valence-electron chi connectivity index (χ1n) is 6.67. The highest BCUT2D eigenvalue weighted by atomic mass is 16.5. The summed E-state index contributed by atoms with van der Waals surface area (Å²) in [4.78, 5) is 11.6. The standard InChI is InChI=1S/C17H18N2O2/c1-21-16-9-7-15(8-10-16)13-19-17(20)18-12-11-14-5-3-2-4-6-14/h2-12H,13H2,1H3,(H2,18,19,20)/b12-11+. The van der Waals surface area contributed by atoms with E-state index in [9.17, 15) is 4.79 Å². The summed E-state index contributed by atoms with van der Waals surface area (Å²) in [5.41, 5.74) is 2.05. The molecule has 2 N–H and O–H groups in total. The van der Waals surface area contributed by atoms with Gasteiger partial charge in [-0.25, -0.2) is 4.79 Å². The maximum Gasteiger partial charge on any atom is 0.319 e. The molecule has 4 nitrogen and oxygen atoms in total.